The predicted octanol–water partition coefficient (Wildman–Crippen LogP) is 2.59. The van der Waals surface area contributed by atoms with Gasteiger partial charge in [0.05, 0.1) is 5.56 Å². The lowest BCUT2D eigenvalue weighted by atomic mass is 10.2. The number of carbonyl (C=O) groups is 2. The Morgan fingerprint density at radius 3 is 2.50 bits per heavy atom. The van der Waals surface area contributed by atoms with E-state index in [2.05, 4.69) is 5.32 Å². The maximum absolute atomic E-state index is 12.9. The van der Waals surface area contributed by atoms with E-state index in [1.807, 2.05) is 6.07 Å². The molecule has 2 aromatic rings. The van der Waals surface area contributed by atoms with Crippen LogP contribution in [0.1, 0.15) is 17.3 Å². The Bertz CT molecular complexity index is 689. The van der Waals surface area contributed by atoms with E-state index in [1.54, 1.807) is 24.3 Å². The Balaban J connectivity index is 2.00. The number of ether oxygens (including phenoxy) is 1. The Morgan fingerprint density at radius 1 is 1.18 bits per heavy atom. The third-order valence-corrected chi connectivity index (χ3v) is 2.93. The van der Waals surface area contributed by atoms with E-state index in [9.17, 15) is 14.0 Å². The van der Waals surface area contributed by atoms with Gasteiger partial charge in [-0.1, -0.05) is 18.2 Å². The summed E-state index contributed by atoms with van der Waals surface area (Å²) in [5, 5.41) is 2.61. The molecule has 114 valence electrons. The van der Waals surface area contributed by atoms with Gasteiger partial charge in [-0.3, -0.25) is 4.79 Å². The van der Waals surface area contributed by atoms with Gasteiger partial charge < -0.3 is 15.8 Å². The van der Waals surface area contributed by atoms with Gasteiger partial charge in [0.2, 0.25) is 0 Å². The van der Waals surface area contributed by atoms with E-state index in [0.29, 0.717) is 5.69 Å². The van der Waals surface area contributed by atoms with Crippen LogP contribution >= 0.6 is 0 Å². The molecule has 3 N–H and O–H groups in total. The number of carbonyl (C=O) groups excluding carboxylic acids is 2. The smallest absolute Gasteiger partial charge is 0.341 e. The second-order valence-corrected chi connectivity index (χ2v) is 4.63. The summed E-state index contributed by atoms with van der Waals surface area (Å²) < 4.78 is 18.0. The molecule has 2 aromatic carbocycles. The molecular weight excluding hydrogens is 287 g/mol. The first-order valence-corrected chi connectivity index (χ1v) is 6.59. The maximum atomic E-state index is 12.9. The zero-order chi connectivity index (χ0) is 16.1. The van der Waals surface area contributed by atoms with Gasteiger partial charge in [-0.2, -0.15) is 0 Å². The van der Waals surface area contributed by atoms with Crippen LogP contribution in [0.2, 0.25) is 0 Å². The summed E-state index contributed by atoms with van der Waals surface area (Å²) in [6.45, 7) is 1.44. The van der Waals surface area contributed by atoms with Crippen molar-refractivity contribution in [2.24, 2.45) is 0 Å². The zero-order valence-electron chi connectivity index (χ0n) is 11.9. The summed E-state index contributed by atoms with van der Waals surface area (Å²) in [6.07, 6.45) is -1.02. The molecule has 5 nitrogen and oxygen atoms in total. The minimum absolute atomic E-state index is 0.0146. The number of hydrogen-bond acceptors (Lipinski definition) is 4. The molecule has 2 rings (SSSR count). The van der Waals surface area contributed by atoms with E-state index in [1.165, 1.54) is 13.0 Å². The summed E-state index contributed by atoms with van der Waals surface area (Å²) in [5.41, 5.74) is 6.12. The fourth-order valence-corrected chi connectivity index (χ4v) is 1.76. The number of nitrogens with one attached hydrogen (secondary N) is 1. The largest absolute Gasteiger partial charge is 0.449 e. The molecule has 0 heterocycles. The van der Waals surface area contributed by atoms with E-state index in [4.69, 9.17) is 10.5 Å². The molecule has 0 aliphatic carbocycles. The molecule has 0 saturated carbocycles. The van der Waals surface area contributed by atoms with Gasteiger partial charge in [-0.15, -0.1) is 0 Å². The summed E-state index contributed by atoms with van der Waals surface area (Å²) in [5.74, 6) is -1.81. The lowest BCUT2D eigenvalue weighted by Gasteiger charge is -2.14. The van der Waals surface area contributed by atoms with Crippen LogP contribution in [0.3, 0.4) is 0 Å². The highest BCUT2D eigenvalue weighted by Crippen LogP contribution is 2.16. The maximum Gasteiger partial charge on any atom is 0.341 e. The van der Waals surface area contributed by atoms with Crippen molar-refractivity contribution in [3.8, 4) is 0 Å². The van der Waals surface area contributed by atoms with Crippen molar-refractivity contribution < 1.29 is 18.7 Å². The van der Waals surface area contributed by atoms with Crippen LogP contribution in [0.25, 0.3) is 0 Å². The first-order chi connectivity index (χ1) is 10.5. The predicted molar refractivity (Wildman–Crippen MR) is 80.8 cm³/mol. The molecule has 1 amide bonds. The van der Waals surface area contributed by atoms with E-state index in [0.717, 1.165) is 12.1 Å². The van der Waals surface area contributed by atoms with Crippen LogP contribution in [0.15, 0.2) is 48.5 Å². The average Bonchev–Trinajstić information content (AvgIpc) is 2.47. The topological polar surface area (TPSA) is 81.4 Å². The molecule has 0 aliphatic heterocycles. The lowest BCUT2D eigenvalue weighted by Crippen LogP contribution is -2.30. The number of anilines is 2. The van der Waals surface area contributed by atoms with E-state index < -0.39 is 23.8 Å². The molecule has 6 heteroatoms. The highest BCUT2D eigenvalue weighted by Gasteiger charge is 2.20. The molecule has 0 aromatic heterocycles. The first-order valence-electron chi connectivity index (χ1n) is 6.59. The lowest BCUT2D eigenvalue weighted by molar-refractivity contribution is -0.123. The molecule has 22 heavy (non-hydrogen) atoms. The number of nitrogens with two attached hydrogens (primary N) is 1. The van der Waals surface area contributed by atoms with Crippen LogP contribution in [-0.4, -0.2) is 18.0 Å². The van der Waals surface area contributed by atoms with Crippen LogP contribution in [0.4, 0.5) is 15.8 Å². The van der Waals surface area contributed by atoms with E-state index in [-0.39, 0.29) is 11.3 Å². The number of para-hydroxylation sites is 1. The monoisotopic (exact) mass is 302 g/mol. The molecule has 0 spiro atoms. The van der Waals surface area contributed by atoms with Crippen LogP contribution in [-0.2, 0) is 9.53 Å². The normalized spacial score (nSPS) is 11.5. The molecule has 0 fully saturated rings. The summed E-state index contributed by atoms with van der Waals surface area (Å²) >= 11 is 0. The molecule has 0 aliphatic rings. The van der Waals surface area contributed by atoms with Gasteiger partial charge in [0.1, 0.15) is 5.82 Å². The number of rotatable bonds is 4. The molecule has 1 atom stereocenters. The van der Waals surface area contributed by atoms with Gasteiger partial charge in [0.25, 0.3) is 5.91 Å². The standard InChI is InChI=1S/C16H15FN2O3/c1-10(15(20)19-12-5-3-2-4-6-12)22-16(21)13-8-7-11(17)9-14(13)18/h2-10H,18H2,1H3,(H,19,20). The average molecular weight is 302 g/mol. The third-order valence-electron chi connectivity index (χ3n) is 2.93. The van der Waals surface area contributed by atoms with Crippen molar-refractivity contribution in [3.63, 3.8) is 0 Å². The zero-order valence-corrected chi connectivity index (χ0v) is 11.9. The van der Waals surface area contributed by atoms with Crippen molar-refractivity contribution in [3.05, 3.63) is 59.9 Å². The number of amides is 1. The van der Waals surface area contributed by atoms with Gasteiger partial charge in [-0.05, 0) is 37.3 Å². The molecular formula is C16H15FN2O3. The minimum atomic E-state index is -1.02. The Labute approximate surface area is 126 Å². The quantitative estimate of drug-likeness (QED) is 0.672. The van der Waals surface area contributed by atoms with Crippen molar-refractivity contribution >= 4 is 23.3 Å². The SMILES string of the molecule is CC(OC(=O)c1ccc(F)cc1N)C(=O)Nc1ccccc1. The summed E-state index contributed by atoms with van der Waals surface area (Å²) in [7, 11) is 0. The first kappa shape index (κ1) is 15.5. The minimum Gasteiger partial charge on any atom is -0.449 e. The highest BCUT2D eigenvalue weighted by atomic mass is 19.1. The third kappa shape index (κ3) is 3.82. The van der Waals surface area contributed by atoms with Crippen molar-refractivity contribution in [1.29, 1.82) is 0 Å². The highest BCUT2D eigenvalue weighted by molar-refractivity contribution is 5.99. The number of esters is 1. The molecule has 1 unspecified atom stereocenters. The number of benzene rings is 2. The van der Waals surface area contributed by atoms with Crippen molar-refractivity contribution in [2.75, 3.05) is 11.1 Å². The second-order valence-electron chi connectivity index (χ2n) is 4.63. The fourth-order valence-electron chi connectivity index (χ4n) is 1.76. The number of halogens is 1. The van der Waals surface area contributed by atoms with Gasteiger partial charge in [-0.25, -0.2) is 9.18 Å². The second kappa shape index (κ2) is 6.71. The van der Waals surface area contributed by atoms with Crippen LogP contribution < -0.4 is 11.1 Å². The Hall–Kier alpha value is -2.89. The summed E-state index contributed by atoms with van der Waals surface area (Å²) in [4.78, 5) is 23.9. The molecule has 0 radical (unpaired) electrons. The van der Waals surface area contributed by atoms with Crippen molar-refractivity contribution in [1.82, 2.24) is 0 Å². The molecule has 0 saturated heterocycles. The fraction of sp³-hybridized carbons (Fsp3) is 0.125. The Morgan fingerprint density at radius 2 is 1.86 bits per heavy atom. The van der Waals surface area contributed by atoms with Crippen LogP contribution in [0.5, 0.6) is 0 Å². The number of hydrogen-bond donors (Lipinski definition) is 2. The van der Waals surface area contributed by atoms with Gasteiger partial charge >= 0.3 is 5.97 Å². The number of nitrogen functional groups attached to an aromatic ring is 1. The molecule has 0 bridgehead atoms. The van der Waals surface area contributed by atoms with Crippen LogP contribution in [0, 0.1) is 5.82 Å². The summed E-state index contributed by atoms with van der Waals surface area (Å²) in [6, 6.07) is 12.1. The van der Waals surface area contributed by atoms with Gasteiger partial charge in [0.15, 0.2) is 6.10 Å². The Kier molecular flexibility index (Phi) is 4.73. The van der Waals surface area contributed by atoms with Crippen molar-refractivity contribution in [2.45, 2.75) is 13.0 Å². The van der Waals surface area contributed by atoms with Gasteiger partial charge in [0, 0.05) is 11.4 Å². The van der Waals surface area contributed by atoms with E-state index >= 15 is 0 Å².